The highest BCUT2D eigenvalue weighted by Crippen LogP contribution is 2.17. The molecule has 0 atom stereocenters. The standard InChI is InChI=1S/C26H24N2O2/c1-3-20-8-12-24(13-9-20)28-26(29)23(17-27)16-21-10-14-25(15-11-21)30-18-22-6-4-19(2)5-7-22/h4-16H,3,18H2,1-2H3,(H,28,29)/b23-16+. The number of nitrogens with zero attached hydrogens (tertiary/aromatic N) is 1. The molecule has 3 rings (SSSR count). The molecular weight excluding hydrogens is 372 g/mol. The van der Waals surface area contributed by atoms with Gasteiger partial charge >= 0.3 is 0 Å². The molecule has 0 fully saturated rings. The summed E-state index contributed by atoms with van der Waals surface area (Å²) in [5.74, 6) is 0.299. The minimum atomic E-state index is -0.429. The van der Waals surface area contributed by atoms with Crippen molar-refractivity contribution in [2.24, 2.45) is 0 Å². The predicted octanol–water partition coefficient (Wildman–Crippen LogP) is 5.68. The van der Waals surface area contributed by atoms with E-state index >= 15 is 0 Å². The molecule has 3 aromatic rings. The second-order valence-corrected chi connectivity index (χ2v) is 7.02. The molecule has 0 saturated carbocycles. The first-order valence-corrected chi connectivity index (χ1v) is 9.88. The molecule has 0 aliphatic carbocycles. The Balaban J connectivity index is 1.62. The van der Waals surface area contributed by atoms with Gasteiger partial charge in [-0.1, -0.05) is 61.0 Å². The summed E-state index contributed by atoms with van der Waals surface area (Å²) in [4.78, 5) is 12.4. The van der Waals surface area contributed by atoms with Gasteiger partial charge in [-0.2, -0.15) is 5.26 Å². The van der Waals surface area contributed by atoms with Crippen LogP contribution in [-0.4, -0.2) is 5.91 Å². The van der Waals surface area contributed by atoms with E-state index in [1.807, 2.05) is 66.7 Å². The largest absolute Gasteiger partial charge is 0.489 e. The van der Waals surface area contributed by atoms with Crippen molar-refractivity contribution in [1.29, 1.82) is 5.26 Å². The van der Waals surface area contributed by atoms with E-state index in [-0.39, 0.29) is 5.57 Å². The molecule has 0 spiro atoms. The zero-order valence-corrected chi connectivity index (χ0v) is 17.2. The van der Waals surface area contributed by atoms with Gasteiger partial charge in [-0.3, -0.25) is 4.79 Å². The first-order chi connectivity index (χ1) is 14.6. The Labute approximate surface area is 177 Å². The van der Waals surface area contributed by atoms with E-state index in [1.165, 1.54) is 11.1 Å². The second kappa shape index (κ2) is 10.1. The number of nitrogens with one attached hydrogen (secondary N) is 1. The van der Waals surface area contributed by atoms with Gasteiger partial charge < -0.3 is 10.1 Å². The lowest BCUT2D eigenvalue weighted by Crippen LogP contribution is -2.13. The monoisotopic (exact) mass is 396 g/mol. The summed E-state index contributed by atoms with van der Waals surface area (Å²) in [6.07, 6.45) is 2.50. The highest BCUT2D eigenvalue weighted by atomic mass is 16.5. The minimum absolute atomic E-state index is 0.0443. The average molecular weight is 396 g/mol. The van der Waals surface area contributed by atoms with Crippen LogP contribution < -0.4 is 10.1 Å². The SMILES string of the molecule is CCc1ccc(NC(=O)/C(C#N)=C/c2ccc(OCc3ccc(C)cc3)cc2)cc1. The molecule has 3 aromatic carbocycles. The van der Waals surface area contributed by atoms with Gasteiger partial charge in [-0.15, -0.1) is 0 Å². The number of nitriles is 1. The van der Waals surface area contributed by atoms with Gasteiger partial charge in [0, 0.05) is 5.69 Å². The maximum absolute atomic E-state index is 12.4. The van der Waals surface area contributed by atoms with Crippen molar-refractivity contribution in [3.05, 3.63) is 101 Å². The number of aryl methyl sites for hydroxylation is 2. The van der Waals surface area contributed by atoms with E-state index in [9.17, 15) is 10.1 Å². The van der Waals surface area contributed by atoms with Crippen molar-refractivity contribution in [3.8, 4) is 11.8 Å². The lowest BCUT2D eigenvalue weighted by Gasteiger charge is -2.07. The molecule has 0 saturated heterocycles. The molecule has 0 heterocycles. The van der Waals surface area contributed by atoms with Crippen LogP contribution in [0.2, 0.25) is 0 Å². The number of carbonyl (C=O) groups excluding carboxylic acids is 1. The molecule has 0 unspecified atom stereocenters. The number of anilines is 1. The number of carbonyl (C=O) groups is 1. The summed E-state index contributed by atoms with van der Waals surface area (Å²) in [5.41, 5.74) is 4.96. The van der Waals surface area contributed by atoms with Gasteiger partial charge in [0.2, 0.25) is 0 Å². The van der Waals surface area contributed by atoms with Crippen molar-refractivity contribution in [3.63, 3.8) is 0 Å². The Kier molecular flexibility index (Phi) is 7.02. The van der Waals surface area contributed by atoms with Gasteiger partial charge in [0.25, 0.3) is 5.91 Å². The molecule has 0 aromatic heterocycles. The van der Waals surface area contributed by atoms with Crippen LogP contribution in [0, 0.1) is 18.3 Å². The molecule has 4 nitrogen and oxygen atoms in total. The van der Waals surface area contributed by atoms with Crippen LogP contribution in [0.4, 0.5) is 5.69 Å². The zero-order chi connectivity index (χ0) is 21.3. The van der Waals surface area contributed by atoms with Crippen molar-refractivity contribution >= 4 is 17.7 Å². The third-order valence-electron chi connectivity index (χ3n) is 4.70. The predicted molar refractivity (Wildman–Crippen MR) is 120 cm³/mol. The van der Waals surface area contributed by atoms with E-state index in [4.69, 9.17) is 4.74 Å². The minimum Gasteiger partial charge on any atom is -0.489 e. The Hall–Kier alpha value is -3.84. The van der Waals surface area contributed by atoms with Crippen molar-refractivity contribution in [1.82, 2.24) is 0 Å². The Bertz CT molecular complexity index is 1060. The zero-order valence-electron chi connectivity index (χ0n) is 17.2. The Morgan fingerprint density at radius 2 is 1.60 bits per heavy atom. The third-order valence-corrected chi connectivity index (χ3v) is 4.70. The quantitative estimate of drug-likeness (QED) is 0.413. The molecule has 150 valence electrons. The van der Waals surface area contributed by atoms with Crippen LogP contribution in [-0.2, 0) is 17.8 Å². The number of hydrogen-bond acceptors (Lipinski definition) is 3. The summed E-state index contributed by atoms with van der Waals surface area (Å²) in [6, 6.07) is 25.1. The molecular formula is C26H24N2O2. The van der Waals surface area contributed by atoms with E-state index in [0.717, 1.165) is 23.3 Å². The molecule has 0 aliphatic heterocycles. The summed E-state index contributed by atoms with van der Waals surface area (Å²) in [7, 11) is 0. The molecule has 0 radical (unpaired) electrons. The molecule has 1 amide bonds. The molecule has 0 aliphatic rings. The molecule has 1 N–H and O–H groups in total. The number of amides is 1. The van der Waals surface area contributed by atoms with E-state index in [2.05, 4.69) is 31.3 Å². The average Bonchev–Trinajstić information content (AvgIpc) is 2.78. The summed E-state index contributed by atoms with van der Waals surface area (Å²) < 4.78 is 5.80. The second-order valence-electron chi connectivity index (χ2n) is 7.02. The van der Waals surface area contributed by atoms with Crippen LogP contribution in [0.25, 0.3) is 6.08 Å². The third kappa shape index (κ3) is 5.83. The van der Waals surface area contributed by atoms with Gasteiger partial charge in [-0.25, -0.2) is 0 Å². The van der Waals surface area contributed by atoms with Crippen LogP contribution >= 0.6 is 0 Å². The maximum atomic E-state index is 12.4. The summed E-state index contributed by atoms with van der Waals surface area (Å²) in [5, 5.41) is 12.2. The highest BCUT2D eigenvalue weighted by Gasteiger charge is 2.09. The van der Waals surface area contributed by atoms with Gasteiger partial charge in [-0.05, 0) is 60.4 Å². The van der Waals surface area contributed by atoms with Gasteiger partial charge in [0.1, 0.15) is 24.0 Å². The summed E-state index contributed by atoms with van der Waals surface area (Å²) >= 11 is 0. The lowest BCUT2D eigenvalue weighted by atomic mass is 10.1. The van der Waals surface area contributed by atoms with Crippen molar-refractivity contribution < 1.29 is 9.53 Å². The van der Waals surface area contributed by atoms with E-state index in [0.29, 0.717) is 12.3 Å². The van der Waals surface area contributed by atoms with Crippen LogP contribution in [0.15, 0.2) is 78.4 Å². The molecule has 30 heavy (non-hydrogen) atoms. The smallest absolute Gasteiger partial charge is 0.266 e. The van der Waals surface area contributed by atoms with Crippen molar-refractivity contribution in [2.75, 3.05) is 5.32 Å². The van der Waals surface area contributed by atoms with Crippen LogP contribution in [0.1, 0.15) is 29.2 Å². The number of hydrogen-bond donors (Lipinski definition) is 1. The van der Waals surface area contributed by atoms with Gasteiger partial charge in [0.05, 0.1) is 0 Å². The first-order valence-electron chi connectivity index (χ1n) is 9.88. The fraction of sp³-hybridized carbons (Fsp3) is 0.154. The normalized spacial score (nSPS) is 10.9. The topological polar surface area (TPSA) is 62.1 Å². The first kappa shape index (κ1) is 20.9. The highest BCUT2D eigenvalue weighted by molar-refractivity contribution is 6.09. The Morgan fingerprint density at radius 1 is 0.967 bits per heavy atom. The van der Waals surface area contributed by atoms with Crippen molar-refractivity contribution in [2.45, 2.75) is 26.9 Å². The van der Waals surface area contributed by atoms with Crippen LogP contribution in [0.3, 0.4) is 0 Å². The maximum Gasteiger partial charge on any atom is 0.266 e. The van der Waals surface area contributed by atoms with Crippen LogP contribution in [0.5, 0.6) is 5.75 Å². The molecule has 4 heteroatoms. The van der Waals surface area contributed by atoms with E-state index in [1.54, 1.807) is 6.08 Å². The summed E-state index contributed by atoms with van der Waals surface area (Å²) in [6.45, 7) is 4.61. The fourth-order valence-corrected chi connectivity index (χ4v) is 2.85. The van der Waals surface area contributed by atoms with Gasteiger partial charge in [0.15, 0.2) is 0 Å². The van der Waals surface area contributed by atoms with E-state index < -0.39 is 5.91 Å². The Morgan fingerprint density at radius 3 is 2.20 bits per heavy atom. The number of benzene rings is 3. The lowest BCUT2D eigenvalue weighted by molar-refractivity contribution is -0.112. The number of ether oxygens (including phenoxy) is 1. The fourth-order valence-electron chi connectivity index (χ4n) is 2.85. The molecule has 0 bridgehead atoms. The number of rotatable bonds is 7.